The van der Waals surface area contributed by atoms with Gasteiger partial charge in [-0.25, -0.2) is 0 Å². The van der Waals surface area contributed by atoms with Crippen LogP contribution in [0.15, 0.2) is 54.6 Å². The Morgan fingerprint density at radius 2 is 2.00 bits per heavy atom. The number of carbonyl (C=O) groups is 1. The van der Waals surface area contributed by atoms with E-state index in [0.717, 1.165) is 31.6 Å². The van der Waals surface area contributed by atoms with Gasteiger partial charge >= 0.3 is 0 Å². The van der Waals surface area contributed by atoms with Crippen LogP contribution in [0.1, 0.15) is 28.7 Å². The molecule has 2 aromatic carbocycles. The normalized spacial score (nSPS) is 17.9. The molecular weight excluding hydrogens is 308 g/mol. The quantitative estimate of drug-likeness (QED) is 0.846. The van der Waals surface area contributed by atoms with Crippen LogP contribution in [0.25, 0.3) is 6.08 Å². The Labute approximate surface area is 150 Å². The van der Waals surface area contributed by atoms with Crippen LogP contribution >= 0.6 is 0 Å². The standard InChI is InChI=1S/C22H26N2O/c1-17-8-9-20(18(2)14-17)10-11-22(25)23-21-12-13-24(16-21)15-19-6-4-3-5-7-19/h3-11,14,21H,12-13,15-16H2,1-2H3,(H,23,25)/b11-10+. The molecule has 130 valence electrons. The SMILES string of the molecule is Cc1ccc(/C=C/C(=O)NC2CCN(Cc3ccccc3)C2)c(C)c1. The third-order valence-electron chi connectivity index (χ3n) is 4.71. The van der Waals surface area contributed by atoms with Gasteiger partial charge in [-0.3, -0.25) is 9.69 Å². The maximum atomic E-state index is 12.2. The van der Waals surface area contributed by atoms with Crippen LogP contribution in [0.3, 0.4) is 0 Å². The molecule has 0 radical (unpaired) electrons. The molecule has 3 nitrogen and oxygen atoms in total. The second-order valence-corrected chi connectivity index (χ2v) is 6.91. The summed E-state index contributed by atoms with van der Waals surface area (Å²) in [6.45, 7) is 7.04. The van der Waals surface area contributed by atoms with Gasteiger partial charge in [0.2, 0.25) is 5.91 Å². The predicted molar refractivity (Wildman–Crippen MR) is 103 cm³/mol. The number of aryl methyl sites for hydroxylation is 2. The molecule has 1 unspecified atom stereocenters. The summed E-state index contributed by atoms with van der Waals surface area (Å²) in [6.07, 6.45) is 4.56. The summed E-state index contributed by atoms with van der Waals surface area (Å²) in [7, 11) is 0. The van der Waals surface area contributed by atoms with Crippen LogP contribution < -0.4 is 5.32 Å². The van der Waals surface area contributed by atoms with E-state index in [1.165, 1.54) is 16.7 Å². The molecule has 3 heteroatoms. The van der Waals surface area contributed by atoms with E-state index in [0.29, 0.717) is 0 Å². The number of nitrogens with one attached hydrogen (secondary N) is 1. The van der Waals surface area contributed by atoms with Crippen molar-refractivity contribution in [3.05, 3.63) is 76.9 Å². The maximum absolute atomic E-state index is 12.2. The van der Waals surface area contributed by atoms with E-state index in [1.54, 1.807) is 6.08 Å². The minimum absolute atomic E-state index is 0.00784. The average molecular weight is 334 g/mol. The highest BCUT2D eigenvalue weighted by Crippen LogP contribution is 2.14. The minimum Gasteiger partial charge on any atom is -0.348 e. The van der Waals surface area contributed by atoms with Crippen LogP contribution in [-0.4, -0.2) is 29.9 Å². The van der Waals surface area contributed by atoms with Crippen molar-refractivity contribution >= 4 is 12.0 Å². The summed E-state index contributed by atoms with van der Waals surface area (Å²) in [5.74, 6) is -0.00784. The molecule has 3 rings (SSSR count). The Bertz CT molecular complexity index is 752. The number of amides is 1. The van der Waals surface area contributed by atoms with E-state index in [9.17, 15) is 4.79 Å². The fourth-order valence-corrected chi connectivity index (χ4v) is 3.36. The van der Waals surface area contributed by atoms with Crippen LogP contribution in [0.2, 0.25) is 0 Å². The molecule has 0 bridgehead atoms. The summed E-state index contributed by atoms with van der Waals surface area (Å²) in [5.41, 5.74) is 4.85. The van der Waals surface area contributed by atoms with Crippen LogP contribution in [-0.2, 0) is 11.3 Å². The molecule has 1 N–H and O–H groups in total. The lowest BCUT2D eigenvalue weighted by Gasteiger charge is -2.16. The summed E-state index contributed by atoms with van der Waals surface area (Å²) >= 11 is 0. The number of benzene rings is 2. The van der Waals surface area contributed by atoms with E-state index in [2.05, 4.69) is 66.5 Å². The number of carbonyl (C=O) groups excluding carboxylic acids is 1. The monoisotopic (exact) mass is 334 g/mol. The summed E-state index contributed by atoms with van der Waals surface area (Å²) in [4.78, 5) is 14.6. The molecule has 2 aromatic rings. The highest BCUT2D eigenvalue weighted by molar-refractivity contribution is 5.92. The fourth-order valence-electron chi connectivity index (χ4n) is 3.36. The van der Waals surface area contributed by atoms with Gasteiger partial charge in [0.15, 0.2) is 0 Å². The molecule has 1 aliphatic heterocycles. The van der Waals surface area contributed by atoms with E-state index in [-0.39, 0.29) is 11.9 Å². The van der Waals surface area contributed by atoms with Gasteiger partial charge in [0.05, 0.1) is 0 Å². The van der Waals surface area contributed by atoms with Gasteiger partial charge in [-0.15, -0.1) is 0 Å². The zero-order valence-electron chi connectivity index (χ0n) is 15.0. The first-order valence-corrected chi connectivity index (χ1v) is 8.92. The van der Waals surface area contributed by atoms with Gasteiger partial charge in [-0.05, 0) is 43.0 Å². The molecule has 1 amide bonds. The van der Waals surface area contributed by atoms with Gasteiger partial charge in [0, 0.05) is 31.8 Å². The fraction of sp³-hybridized carbons (Fsp3) is 0.318. The van der Waals surface area contributed by atoms with Crippen molar-refractivity contribution in [2.24, 2.45) is 0 Å². The smallest absolute Gasteiger partial charge is 0.244 e. The Hall–Kier alpha value is -2.39. The Morgan fingerprint density at radius 3 is 2.76 bits per heavy atom. The van der Waals surface area contributed by atoms with E-state index < -0.39 is 0 Å². The van der Waals surface area contributed by atoms with Crippen molar-refractivity contribution in [3.63, 3.8) is 0 Å². The second-order valence-electron chi connectivity index (χ2n) is 6.91. The van der Waals surface area contributed by atoms with E-state index in [4.69, 9.17) is 0 Å². The summed E-state index contributed by atoms with van der Waals surface area (Å²) in [6, 6.07) is 17.0. The Kier molecular flexibility index (Phi) is 5.67. The largest absolute Gasteiger partial charge is 0.348 e. The maximum Gasteiger partial charge on any atom is 0.244 e. The highest BCUT2D eigenvalue weighted by atomic mass is 16.1. The molecule has 1 atom stereocenters. The number of likely N-dealkylation sites (tertiary alicyclic amines) is 1. The molecule has 0 aliphatic carbocycles. The van der Waals surface area contributed by atoms with Gasteiger partial charge in [0.25, 0.3) is 0 Å². The van der Waals surface area contributed by atoms with Crippen molar-refractivity contribution < 1.29 is 4.79 Å². The number of hydrogen-bond acceptors (Lipinski definition) is 2. The zero-order valence-corrected chi connectivity index (χ0v) is 15.0. The first-order valence-electron chi connectivity index (χ1n) is 8.92. The number of hydrogen-bond donors (Lipinski definition) is 1. The molecule has 1 heterocycles. The third-order valence-corrected chi connectivity index (χ3v) is 4.71. The molecule has 0 saturated carbocycles. The molecular formula is C22H26N2O. The molecule has 1 fully saturated rings. The highest BCUT2D eigenvalue weighted by Gasteiger charge is 2.23. The van der Waals surface area contributed by atoms with E-state index in [1.807, 2.05) is 12.1 Å². The van der Waals surface area contributed by atoms with E-state index >= 15 is 0 Å². The van der Waals surface area contributed by atoms with Crippen molar-refractivity contribution in [2.45, 2.75) is 32.9 Å². The van der Waals surface area contributed by atoms with Crippen molar-refractivity contribution in [1.82, 2.24) is 10.2 Å². The van der Waals surface area contributed by atoms with Crippen LogP contribution in [0.4, 0.5) is 0 Å². The molecule has 0 spiro atoms. The second kappa shape index (κ2) is 8.13. The minimum atomic E-state index is -0.00784. The lowest BCUT2D eigenvalue weighted by atomic mass is 10.1. The molecule has 0 aromatic heterocycles. The molecule has 25 heavy (non-hydrogen) atoms. The first kappa shape index (κ1) is 17.4. The van der Waals surface area contributed by atoms with Crippen LogP contribution in [0, 0.1) is 13.8 Å². The summed E-state index contributed by atoms with van der Waals surface area (Å²) in [5, 5.41) is 3.13. The lowest BCUT2D eigenvalue weighted by Crippen LogP contribution is -2.35. The Balaban J connectivity index is 1.49. The lowest BCUT2D eigenvalue weighted by molar-refractivity contribution is -0.117. The summed E-state index contributed by atoms with van der Waals surface area (Å²) < 4.78 is 0. The first-order chi connectivity index (χ1) is 12.1. The van der Waals surface area contributed by atoms with Gasteiger partial charge in [0.1, 0.15) is 0 Å². The number of nitrogens with zero attached hydrogens (tertiary/aromatic N) is 1. The van der Waals surface area contributed by atoms with Gasteiger partial charge in [-0.1, -0.05) is 54.1 Å². The topological polar surface area (TPSA) is 32.3 Å². The van der Waals surface area contributed by atoms with Gasteiger partial charge < -0.3 is 5.32 Å². The van der Waals surface area contributed by atoms with Crippen molar-refractivity contribution in [2.75, 3.05) is 13.1 Å². The Morgan fingerprint density at radius 1 is 1.20 bits per heavy atom. The van der Waals surface area contributed by atoms with Crippen LogP contribution in [0.5, 0.6) is 0 Å². The predicted octanol–water partition coefficient (Wildman–Crippen LogP) is 3.71. The molecule has 1 aliphatic rings. The molecule has 1 saturated heterocycles. The zero-order chi connectivity index (χ0) is 17.6. The average Bonchev–Trinajstić information content (AvgIpc) is 3.02. The van der Waals surface area contributed by atoms with Gasteiger partial charge in [-0.2, -0.15) is 0 Å². The third kappa shape index (κ3) is 5.04. The van der Waals surface area contributed by atoms with Crippen molar-refractivity contribution in [1.29, 1.82) is 0 Å². The number of rotatable bonds is 5. The van der Waals surface area contributed by atoms with Crippen molar-refractivity contribution in [3.8, 4) is 0 Å².